The highest BCUT2D eigenvalue weighted by Crippen LogP contribution is 2.19. The molecule has 2 heterocycles. The fourth-order valence-electron chi connectivity index (χ4n) is 3.37. The molecule has 6 heteroatoms. The molecule has 1 saturated heterocycles. The highest BCUT2D eigenvalue weighted by atomic mass is 16.5. The number of methoxy groups -OCH3 is 1. The van der Waals surface area contributed by atoms with E-state index in [4.69, 9.17) is 4.74 Å². The average Bonchev–Trinajstić information content (AvgIpc) is 2.83. The Kier molecular flexibility index (Phi) is 6.17. The minimum absolute atomic E-state index is 0.212. The summed E-state index contributed by atoms with van der Waals surface area (Å²) in [7, 11) is 1.56. The van der Waals surface area contributed by atoms with Crippen LogP contribution in [0.2, 0.25) is 0 Å². The fourth-order valence-corrected chi connectivity index (χ4v) is 3.37. The SMILES string of the molecule is CCC1CN(Cc2cnc(OC)nc2)CCC(=O)N1Cc1ccccc1. The van der Waals surface area contributed by atoms with E-state index >= 15 is 0 Å². The topological polar surface area (TPSA) is 58.6 Å². The second-order valence-electron chi connectivity index (χ2n) is 6.63. The van der Waals surface area contributed by atoms with E-state index in [9.17, 15) is 4.79 Å². The highest BCUT2D eigenvalue weighted by Gasteiger charge is 2.28. The van der Waals surface area contributed by atoms with Crippen LogP contribution in [0.5, 0.6) is 6.01 Å². The molecule has 6 nitrogen and oxygen atoms in total. The molecule has 3 rings (SSSR count). The van der Waals surface area contributed by atoms with E-state index in [1.165, 1.54) is 5.56 Å². The van der Waals surface area contributed by atoms with Gasteiger partial charge in [0.05, 0.1) is 7.11 Å². The third-order valence-corrected chi connectivity index (χ3v) is 4.81. The number of ether oxygens (including phenoxy) is 1. The van der Waals surface area contributed by atoms with Crippen molar-refractivity contribution in [2.24, 2.45) is 0 Å². The zero-order valence-electron chi connectivity index (χ0n) is 15.5. The van der Waals surface area contributed by atoms with Gasteiger partial charge in [0.15, 0.2) is 0 Å². The summed E-state index contributed by atoms with van der Waals surface area (Å²) in [5.74, 6) is 0.231. The second kappa shape index (κ2) is 8.76. The first-order valence-corrected chi connectivity index (χ1v) is 9.10. The zero-order chi connectivity index (χ0) is 18.4. The first kappa shape index (κ1) is 18.3. The van der Waals surface area contributed by atoms with E-state index in [1.807, 2.05) is 23.1 Å². The molecule has 1 aromatic heterocycles. The predicted molar refractivity (Wildman–Crippen MR) is 99.5 cm³/mol. The lowest BCUT2D eigenvalue weighted by Gasteiger charge is -2.31. The number of benzene rings is 1. The van der Waals surface area contributed by atoms with E-state index in [2.05, 4.69) is 33.9 Å². The van der Waals surface area contributed by atoms with Gasteiger partial charge >= 0.3 is 6.01 Å². The Morgan fingerprint density at radius 2 is 1.85 bits per heavy atom. The first-order valence-electron chi connectivity index (χ1n) is 9.10. The van der Waals surface area contributed by atoms with Gasteiger partial charge in [-0.2, -0.15) is 0 Å². The van der Waals surface area contributed by atoms with Crippen molar-refractivity contribution < 1.29 is 9.53 Å². The van der Waals surface area contributed by atoms with E-state index in [-0.39, 0.29) is 11.9 Å². The van der Waals surface area contributed by atoms with Crippen LogP contribution in [0.15, 0.2) is 42.7 Å². The summed E-state index contributed by atoms with van der Waals surface area (Å²) in [5, 5.41) is 0. The molecule has 0 saturated carbocycles. The van der Waals surface area contributed by atoms with Crippen LogP contribution in [0.25, 0.3) is 0 Å². The molecule has 1 atom stereocenters. The van der Waals surface area contributed by atoms with Gasteiger partial charge in [0.25, 0.3) is 0 Å². The normalized spacial score (nSPS) is 18.6. The number of aromatic nitrogens is 2. The second-order valence-corrected chi connectivity index (χ2v) is 6.63. The Hall–Kier alpha value is -2.47. The van der Waals surface area contributed by atoms with Gasteiger partial charge in [-0.1, -0.05) is 37.3 Å². The zero-order valence-corrected chi connectivity index (χ0v) is 15.5. The molecule has 1 aromatic carbocycles. The van der Waals surface area contributed by atoms with Gasteiger partial charge in [-0.05, 0) is 12.0 Å². The van der Waals surface area contributed by atoms with Gasteiger partial charge in [0.2, 0.25) is 5.91 Å². The summed E-state index contributed by atoms with van der Waals surface area (Å²) in [6, 6.07) is 10.8. The summed E-state index contributed by atoms with van der Waals surface area (Å²) in [4.78, 5) is 25.4. The lowest BCUT2D eigenvalue weighted by molar-refractivity contribution is -0.133. The van der Waals surface area contributed by atoms with Crippen molar-refractivity contribution in [3.63, 3.8) is 0 Å². The maximum absolute atomic E-state index is 12.7. The molecule has 1 fully saturated rings. The Morgan fingerprint density at radius 3 is 2.50 bits per heavy atom. The molecule has 2 aromatic rings. The molecule has 0 bridgehead atoms. The number of carbonyl (C=O) groups excluding carboxylic acids is 1. The predicted octanol–water partition coefficient (Wildman–Crippen LogP) is 2.50. The number of amides is 1. The van der Waals surface area contributed by atoms with Crippen LogP contribution in [0, 0.1) is 0 Å². The molecular weight excluding hydrogens is 328 g/mol. The summed E-state index contributed by atoms with van der Waals surface area (Å²) in [5.41, 5.74) is 2.21. The summed E-state index contributed by atoms with van der Waals surface area (Å²) < 4.78 is 5.01. The summed E-state index contributed by atoms with van der Waals surface area (Å²) in [6.45, 7) is 5.19. The minimum Gasteiger partial charge on any atom is -0.467 e. The molecule has 0 radical (unpaired) electrons. The van der Waals surface area contributed by atoms with Gasteiger partial charge in [-0.25, -0.2) is 9.97 Å². The van der Waals surface area contributed by atoms with E-state index in [1.54, 1.807) is 19.5 Å². The maximum atomic E-state index is 12.7. The van der Waals surface area contributed by atoms with E-state index in [0.717, 1.165) is 31.6 Å². The van der Waals surface area contributed by atoms with Crippen molar-refractivity contribution in [1.82, 2.24) is 19.8 Å². The lowest BCUT2D eigenvalue weighted by atomic mass is 10.1. The van der Waals surface area contributed by atoms with Crippen molar-refractivity contribution in [2.75, 3.05) is 20.2 Å². The van der Waals surface area contributed by atoms with E-state index in [0.29, 0.717) is 19.0 Å². The average molecular weight is 354 g/mol. The fraction of sp³-hybridized carbons (Fsp3) is 0.450. The van der Waals surface area contributed by atoms with Crippen molar-refractivity contribution in [3.05, 3.63) is 53.9 Å². The highest BCUT2D eigenvalue weighted by molar-refractivity contribution is 5.77. The third kappa shape index (κ3) is 4.58. The van der Waals surface area contributed by atoms with Gasteiger partial charge < -0.3 is 9.64 Å². The van der Waals surface area contributed by atoms with Gasteiger partial charge in [-0.3, -0.25) is 9.69 Å². The maximum Gasteiger partial charge on any atom is 0.316 e. The minimum atomic E-state index is 0.212. The van der Waals surface area contributed by atoms with Crippen LogP contribution in [-0.4, -0.2) is 51.9 Å². The quantitative estimate of drug-likeness (QED) is 0.798. The molecule has 1 aliphatic heterocycles. The molecule has 1 unspecified atom stereocenters. The molecule has 1 amide bonds. The molecule has 0 N–H and O–H groups in total. The number of hydrogen-bond donors (Lipinski definition) is 0. The Morgan fingerprint density at radius 1 is 1.12 bits per heavy atom. The number of hydrogen-bond acceptors (Lipinski definition) is 5. The lowest BCUT2D eigenvalue weighted by Crippen LogP contribution is -2.42. The van der Waals surface area contributed by atoms with Crippen molar-refractivity contribution >= 4 is 5.91 Å². The third-order valence-electron chi connectivity index (χ3n) is 4.81. The number of rotatable bonds is 6. The van der Waals surface area contributed by atoms with Gasteiger partial charge in [0, 0.05) is 56.6 Å². The van der Waals surface area contributed by atoms with Gasteiger partial charge in [-0.15, -0.1) is 0 Å². The summed E-state index contributed by atoms with van der Waals surface area (Å²) >= 11 is 0. The van der Waals surface area contributed by atoms with Crippen LogP contribution in [-0.2, 0) is 17.9 Å². The van der Waals surface area contributed by atoms with Crippen molar-refractivity contribution in [2.45, 2.75) is 38.9 Å². The molecule has 1 aliphatic rings. The Labute approximate surface area is 154 Å². The monoisotopic (exact) mass is 354 g/mol. The molecule has 0 aliphatic carbocycles. The largest absolute Gasteiger partial charge is 0.467 e. The molecule has 0 spiro atoms. The van der Waals surface area contributed by atoms with Crippen LogP contribution in [0.1, 0.15) is 30.9 Å². The first-order chi connectivity index (χ1) is 12.7. The standard InChI is InChI=1S/C20H26N4O2/c1-3-18-15-23(13-17-11-21-20(26-2)22-12-17)10-9-19(25)24(18)14-16-7-5-4-6-8-16/h4-8,11-12,18H,3,9-10,13-15H2,1-2H3. The van der Waals surface area contributed by atoms with Crippen LogP contribution < -0.4 is 4.74 Å². The molecule has 138 valence electrons. The molecular formula is C20H26N4O2. The van der Waals surface area contributed by atoms with Crippen LogP contribution in [0.3, 0.4) is 0 Å². The van der Waals surface area contributed by atoms with Crippen molar-refractivity contribution in [1.29, 1.82) is 0 Å². The molecule has 26 heavy (non-hydrogen) atoms. The van der Waals surface area contributed by atoms with Gasteiger partial charge in [0.1, 0.15) is 0 Å². The van der Waals surface area contributed by atoms with E-state index < -0.39 is 0 Å². The van der Waals surface area contributed by atoms with Crippen LogP contribution >= 0.6 is 0 Å². The Balaban J connectivity index is 1.69. The summed E-state index contributed by atoms with van der Waals surface area (Å²) in [6.07, 6.45) is 5.07. The number of nitrogens with zero attached hydrogens (tertiary/aromatic N) is 4. The van der Waals surface area contributed by atoms with Crippen LogP contribution in [0.4, 0.5) is 0 Å². The Bertz CT molecular complexity index is 706. The smallest absolute Gasteiger partial charge is 0.316 e. The van der Waals surface area contributed by atoms with Crippen molar-refractivity contribution in [3.8, 4) is 6.01 Å². The number of carbonyl (C=O) groups is 1.